The van der Waals surface area contributed by atoms with Crippen LogP contribution in [0.1, 0.15) is 33.1 Å². The van der Waals surface area contributed by atoms with Crippen LogP contribution in [0, 0.1) is 0 Å². The summed E-state index contributed by atoms with van der Waals surface area (Å²) in [6.45, 7) is 0.246. The van der Waals surface area contributed by atoms with Crippen molar-refractivity contribution in [3.63, 3.8) is 0 Å². The molecule has 0 saturated heterocycles. The van der Waals surface area contributed by atoms with Crippen LogP contribution in [-0.4, -0.2) is 30.9 Å². The summed E-state index contributed by atoms with van der Waals surface area (Å²) >= 11 is 0. The van der Waals surface area contributed by atoms with E-state index in [0.29, 0.717) is 12.2 Å². The van der Waals surface area contributed by atoms with Crippen molar-refractivity contribution >= 4 is 16.0 Å². The van der Waals surface area contributed by atoms with Crippen LogP contribution in [0.15, 0.2) is 77.7 Å². The standard InChI is InChI=1S/C23H21NO5S/c1-29-20-10-6-16(7-11-20)22-14-18-4-2-3-5-19(18)15-24(22)30(27,28)21-12-8-17(9-13-21)23(25)26/h2-13,22H,14-15H2,1H3,(H,25,26). The zero-order chi connectivity index (χ0) is 21.3. The summed E-state index contributed by atoms with van der Waals surface area (Å²) < 4.78 is 33.8. The Balaban J connectivity index is 1.77. The first kappa shape index (κ1) is 20.1. The molecule has 0 aliphatic carbocycles. The normalized spacial score (nSPS) is 16.6. The van der Waals surface area contributed by atoms with E-state index in [9.17, 15) is 13.2 Å². The quantitative estimate of drug-likeness (QED) is 0.673. The van der Waals surface area contributed by atoms with Gasteiger partial charge in [-0.3, -0.25) is 0 Å². The van der Waals surface area contributed by atoms with Crippen molar-refractivity contribution in [2.24, 2.45) is 0 Å². The lowest BCUT2D eigenvalue weighted by molar-refractivity contribution is 0.0696. The molecule has 1 N–H and O–H groups in total. The zero-order valence-corrected chi connectivity index (χ0v) is 17.2. The van der Waals surface area contributed by atoms with Gasteiger partial charge in [-0.1, -0.05) is 36.4 Å². The largest absolute Gasteiger partial charge is 0.497 e. The number of carbonyl (C=O) groups is 1. The van der Waals surface area contributed by atoms with Gasteiger partial charge in [0.25, 0.3) is 0 Å². The van der Waals surface area contributed by atoms with Crippen molar-refractivity contribution in [3.8, 4) is 5.75 Å². The van der Waals surface area contributed by atoms with E-state index >= 15 is 0 Å². The van der Waals surface area contributed by atoms with Crippen molar-refractivity contribution in [2.75, 3.05) is 7.11 Å². The van der Waals surface area contributed by atoms with Gasteiger partial charge in [0.05, 0.1) is 23.6 Å². The van der Waals surface area contributed by atoms with E-state index in [1.165, 1.54) is 28.6 Å². The highest BCUT2D eigenvalue weighted by Gasteiger charge is 2.36. The molecule has 1 aliphatic rings. The van der Waals surface area contributed by atoms with E-state index in [2.05, 4.69) is 0 Å². The number of methoxy groups -OCH3 is 1. The van der Waals surface area contributed by atoms with Crippen LogP contribution in [0.5, 0.6) is 5.75 Å². The summed E-state index contributed by atoms with van der Waals surface area (Å²) in [6.07, 6.45) is 0.551. The molecule has 4 rings (SSSR count). The molecule has 0 radical (unpaired) electrons. The lowest BCUT2D eigenvalue weighted by Gasteiger charge is -2.36. The Bertz CT molecular complexity index is 1170. The average molecular weight is 423 g/mol. The SMILES string of the molecule is COc1ccc(C2Cc3ccccc3CN2S(=O)(=O)c2ccc(C(=O)O)cc2)cc1. The van der Waals surface area contributed by atoms with Crippen LogP contribution in [-0.2, 0) is 23.0 Å². The maximum Gasteiger partial charge on any atom is 0.335 e. The second-order valence-corrected chi connectivity index (χ2v) is 9.03. The van der Waals surface area contributed by atoms with Gasteiger partial charge in [-0.05, 0) is 59.5 Å². The van der Waals surface area contributed by atoms with E-state index in [4.69, 9.17) is 9.84 Å². The number of hydrogen-bond donors (Lipinski definition) is 1. The molecule has 0 aromatic heterocycles. The van der Waals surface area contributed by atoms with Crippen molar-refractivity contribution in [1.82, 2.24) is 4.31 Å². The molecule has 1 aliphatic heterocycles. The highest BCUT2D eigenvalue weighted by Crippen LogP contribution is 2.37. The van der Waals surface area contributed by atoms with E-state index in [0.717, 1.165) is 16.7 Å². The van der Waals surface area contributed by atoms with Crippen molar-refractivity contribution in [3.05, 3.63) is 95.1 Å². The van der Waals surface area contributed by atoms with E-state index in [-0.39, 0.29) is 23.0 Å². The number of carboxylic acids is 1. The highest BCUT2D eigenvalue weighted by atomic mass is 32.2. The summed E-state index contributed by atoms with van der Waals surface area (Å²) in [7, 11) is -2.26. The summed E-state index contributed by atoms with van der Waals surface area (Å²) in [5.74, 6) is -0.393. The number of ether oxygens (including phenoxy) is 1. The van der Waals surface area contributed by atoms with Gasteiger partial charge in [-0.15, -0.1) is 0 Å². The van der Waals surface area contributed by atoms with Gasteiger partial charge in [-0.2, -0.15) is 4.31 Å². The predicted octanol–water partition coefficient (Wildman–Crippen LogP) is 3.88. The van der Waals surface area contributed by atoms with Crippen LogP contribution in [0.3, 0.4) is 0 Å². The molecule has 30 heavy (non-hydrogen) atoms. The fraction of sp³-hybridized carbons (Fsp3) is 0.174. The average Bonchev–Trinajstić information content (AvgIpc) is 2.78. The van der Waals surface area contributed by atoms with Gasteiger partial charge in [0.1, 0.15) is 5.75 Å². The minimum Gasteiger partial charge on any atom is -0.497 e. The van der Waals surface area contributed by atoms with Gasteiger partial charge >= 0.3 is 5.97 Å². The molecule has 1 unspecified atom stereocenters. The molecule has 3 aromatic rings. The maximum absolute atomic E-state index is 13.5. The minimum absolute atomic E-state index is 0.0460. The lowest BCUT2D eigenvalue weighted by Crippen LogP contribution is -2.38. The second-order valence-electron chi connectivity index (χ2n) is 7.14. The Morgan fingerprint density at radius 2 is 1.60 bits per heavy atom. The van der Waals surface area contributed by atoms with Crippen molar-refractivity contribution in [1.29, 1.82) is 0 Å². The monoisotopic (exact) mass is 423 g/mol. The Morgan fingerprint density at radius 3 is 2.20 bits per heavy atom. The molecule has 7 heteroatoms. The maximum atomic E-state index is 13.5. The van der Waals surface area contributed by atoms with Gasteiger partial charge in [0.15, 0.2) is 0 Å². The van der Waals surface area contributed by atoms with Crippen molar-refractivity contribution in [2.45, 2.75) is 23.9 Å². The summed E-state index contributed by atoms with van der Waals surface area (Å²) in [4.78, 5) is 11.2. The van der Waals surface area contributed by atoms with Gasteiger partial charge in [0.2, 0.25) is 10.0 Å². The minimum atomic E-state index is -3.85. The highest BCUT2D eigenvalue weighted by molar-refractivity contribution is 7.89. The first-order valence-electron chi connectivity index (χ1n) is 9.46. The molecule has 154 valence electrons. The number of rotatable bonds is 5. The number of benzene rings is 3. The van der Waals surface area contributed by atoms with E-state index in [1.807, 2.05) is 48.5 Å². The third-order valence-corrected chi connectivity index (χ3v) is 7.28. The molecule has 0 fully saturated rings. The third-order valence-electron chi connectivity index (χ3n) is 5.41. The molecule has 0 spiro atoms. The van der Waals surface area contributed by atoms with Crippen LogP contribution < -0.4 is 4.74 Å². The molecule has 1 heterocycles. The number of nitrogens with zero attached hydrogens (tertiary/aromatic N) is 1. The number of sulfonamides is 1. The number of carboxylic acid groups (broad SMARTS) is 1. The topological polar surface area (TPSA) is 83.9 Å². The van der Waals surface area contributed by atoms with Gasteiger partial charge in [0, 0.05) is 6.54 Å². The summed E-state index contributed by atoms with van der Waals surface area (Å²) in [5, 5.41) is 9.10. The number of aromatic carboxylic acids is 1. The van der Waals surface area contributed by atoms with Crippen LogP contribution in [0.25, 0.3) is 0 Å². The Labute approximate surface area is 175 Å². The van der Waals surface area contributed by atoms with Gasteiger partial charge in [-0.25, -0.2) is 13.2 Å². The second kappa shape index (κ2) is 7.93. The molecule has 1 atom stereocenters. The molecular formula is C23H21NO5S. The molecule has 0 bridgehead atoms. The first-order chi connectivity index (χ1) is 14.4. The zero-order valence-electron chi connectivity index (χ0n) is 16.4. The number of hydrogen-bond acceptors (Lipinski definition) is 4. The first-order valence-corrected chi connectivity index (χ1v) is 10.9. The van der Waals surface area contributed by atoms with Crippen molar-refractivity contribution < 1.29 is 23.1 Å². The smallest absolute Gasteiger partial charge is 0.335 e. The lowest BCUT2D eigenvalue weighted by atomic mass is 9.92. The van der Waals surface area contributed by atoms with E-state index < -0.39 is 16.0 Å². The van der Waals surface area contributed by atoms with Crippen LogP contribution in [0.2, 0.25) is 0 Å². The molecule has 0 amide bonds. The molecule has 0 saturated carbocycles. The molecule has 3 aromatic carbocycles. The third kappa shape index (κ3) is 3.69. The summed E-state index contributed by atoms with van der Waals surface area (Å²) in [6, 6.07) is 20.2. The van der Waals surface area contributed by atoms with Crippen LogP contribution in [0.4, 0.5) is 0 Å². The molecule has 6 nitrogen and oxygen atoms in total. The predicted molar refractivity (Wildman–Crippen MR) is 112 cm³/mol. The molecular weight excluding hydrogens is 402 g/mol. The van der Waals surface area contributed by atoms with E-state index in [1.54, 1.807) is 7.11 Å². The fourth-order valence-electron chi connectivity index (χ4n) is 3.77. The summed E-state index contributed by atoms with van der Waals surface area (Å²) in [5.41, 5.74) is 3.00. The number of fused-ring (bicyclic) bond motifs is 1. The Morgan fingerprint density at radius 1 is 0.967 bits per heavy atom. The van der Waals surface area contributed by atoms with Crippen LogP contribution >= 0.6 is 0 Å². The Kier molecular flexibility index (Phi) is 5.32. The Hall–Kier alpha value is -3.16. The van der Waals surface area contributed by atoms with Gasteiger partial charge < -0.3 is 9.84 Å². The fourth-order valence-corrected chi connectivity index (χ4v) is 5.36.